The lowest BCUT2D eigenvalue weighted by Gasteiger charge is -2.40. The van der Waals surface area contributed by atoms with Gasteiger partial charge in [0.2, 0.25) is 0 Å². The number of hydrogen-bond donors (Lipinski definition) is 1. The molecule has 3 rings (SSSR count). The van der Waals surface area contributed by atoms with Gasteiger partial charge in [-0.2, -0.15) is 5.10 Å². The van der Waals surface area contributed by atoms with Crippen LogP contribution in [0.1, 0.15) is 55.4 Å². The number of piperidine rings is 1. The maximum Gasteiger partial charge on any atom is 0.314 e. The van der Waals surface area contributed by atoms with Crippen molar-refractivity contribution in [2.45, 2.75) is 46.5 Å². The van der Waals surface area contributed by atoms with Gasteiger partial charge in [-0.05, 0) is 62.3 Å². The zero-order valence-electron chi connectivity index (χ0n) is 17.9. The van der Waals surface area contributed by atoms with E-state index in [2.05, 4.69) is 24.0 Å². The summed E-state index contributed by atoms with van der Waals surface area (Å²) in [4.78, 5) is 27.8. The average molecular weight is 416 g/mol. The van der Waals surface area contributed by atoms with Crippen molar-refractivity contribution in [3.05, 3.63) is 53.1 Å². The van der Waals surface area contributed by atoms with Gasteiger partial charge in [-0.15, -0.1) is 0 Å². The van der Waals surface area contributed by atoms with Crippen molar-refractivity contribution in [2.24, 2.45) is 11.3 Å². The molecule has 0 spiro atoms. The van der Waals surface area contributed by atoms with E-state index in [1.165, 1.54) is 12.1 Å². The van der Waals surface area contributed by atoms with Crippen LogP contribution in [-0.2, 0) is 22.4 Å². The smallest absolute Gasteiger partial charge is 0.314 e. The summed E-state index contributed by atoms with van der Waals surface area (Å²) >= 11 is 0. The third kappa shape index (κ3) is 5.07. The van der Waals surface area contributed by atoms with Crippen LogP contribution in [0.2, 0.25) is 0 Å². The SMILES string of the molecule is CCOC(=O)C1(Cc2ccc(F)cc2)CCCN(C(=O)c2cc(CC(C)C)[nH]n2)C1. The Morgan fingerprint density at radius 2 is 2.03 bits per heavy atom. The van der Waals surface area contributed by atoms with E-state index in [0.717, 1.165) is 17.7 Å². The van der Waals surface area contributed by atoms with Gasteiger partial charge in [0.1, 0.15) is 11.5 Å². The molecular formula is C23H30FN3O3. The van der Waals surface area contributed by atoms with Gasteiger partial charge in [0.05, 0.1) is 12.0 Å². The molecule has 1 aromatic heterocycles. The van der Waals surface area contributed by atoms with Crippen molar-refractivity contribution in [1.29, 1.82) is 0 Å². The van der Waals surface area contributed by atoms with Gasteiger partial charge in [0.25, 0.3) is 5.91 Å². The van der Waals surface area contributed by atoms with Crippen LogP contribution in [-0.4, -0.2) is 46.7 Å². The molecular weight excluding hydrogens is 385 g/mol. The van der Waals surface area contributed by atoms with E-state index < -0.39 is 5.41 Å². The summed E-state index contributed by atoms with van der Waals surface area (Å²) in [6.07, 6.45) is 2.52. The largest absolute Gasteiger partial charge is 0.466 e. The van der Waals surface area contributed by atoms with Gasteiger partial charge >= 0.3 is 5.97 Å². The van der Waals surface area contributed by atoms with Crippen LogP contribution in [0.25, 0.3) is 0 Å². The Labute approximate surface area is 176 Å². The first-order chi connectivity index (χ1) is 14.3. The number of aromatic nitrogens is 2. The number of halogens is 1. The molecule has 2 heterocycles. The van der Waals surface area contributed by atoms with Gasteiger partial charge in [-0.25, -0.2) is 4.39 Å². The van der Waals surface area contributed by atoms with Gasteiger partial charge < -0.3 is 9.64 Å². The van der Waals surface area contributed by atoms with E-state index in [9.17, 15) is 14.0 Å². The van der Waals surface area contributed by atoms with Crippen molar-refractivity contribution < 1.29 is 18.7 Å². The third-order valence-electron chi connectivity index (χ3n) is 5.51. The number of hydrogen-bond acceptors (Lipinski definition) is 4. The minimum absolute atomic E-state index is 0.186. The molecule has 1 unspecified atom stereocenters. The van der Waals surface area contributed by atoms with E-state index >= 15 is 0 Å². The van der Waals surface area contributed by atoms with Gasteiger partial charge in [0, 0.05) is 18.8 Å². The molecule has 0 aliphatic carbocycles. The molecule has 30 heavy (non-hydrogen) atoms. The molecule has 1 fully saturated rings. The molecule has 2 aromatic rings. The molecule has 1 atom stereocenters. The Bertz CT molecular complexity index is 878. The average Bonchev–Trinajstić information content (AvgIpc) is 3.17. The van der Waals surface area contributed by atoms with Crippen LogP contribution in [0.5, 0.6) is 0 Å². The standard InChI is InChI=1S/C23H30FN3O3/c1-4-30-22(29)23(14-17-6-8-18(24)9-7-17)10-5-11-27(15-23)21(28)20-13-19(25-26-20)12-16(2)3/h6-9,13,16H,4-5,10-12,14-15H2,1-3H3,(H,25,26). The number of benzene rings is 1. The highest BCUT2D eigenvalue weighted by atomic mass is 19.1. The molecule has 1 saturated heterocycles. The summed E-state index contributed by atoms with van der Waals surface area (Å²) in [7, 11) is 0. The maximum atomic E-state index is 13.3. The van der Waals surface area contributed by atoms with E-state index in [0.29, 0.717) is 37.4 Å². The van der Waals surface area contributed by atoms with Crippen LogP contribution < -0.4 is 0 Å². The lowest BCUT2D eigenvalue weighted by Crippen LogP contribution is -2.51. The summed E-state index contributed by atoms with van der Waals surface area (Å²) in [5, 5.41) is 7.13. The topological polar surface area (TPSA) is 75.3 Å². The van der Waals surface area contributed by atoms with Gasteiger partial charge in [-0.1, -0.05) is 26.0 Å². The van der Waals surface area contributed by atoms with Crippen LogP contribution >= 0.6 is 0 Å². The Balaban J connectivity index is 1.82. The van der Waals surface area contributed by atoms with E-state index in [1.54, 1.807) is 30.0 Å². The second kappa shape index (κ2) is 9.41. The van der Waals surface area contributed by atoms with Crippen molar-refractivity contribution in [3.63, 3.8) is 0 Å². The highest BCUT2D eigenvalue weighted by molar-refractivity contribution is 5.93. The van der Waals surface area contributed by atoms with Gasteiger partial charge in [-0.3, -0.25) is 14.7 Å². The third-order valence-corrected chi connectivity index (χ3v) is 5.51. The number of aromatic amines is 1. The highest BCUT2D eigenvalue weighted by Crippen LogP contribution is 2.36. The van der Waals surface area contributed by atoms with E-state index in [-0.39, 0.29) is 30.8 Å². The normalized spacial score (nSPS) is 19.2. The Hall–Kier alpha value is -2.70. The number of amides is 1. The number of ether oxygens (including phenoxy) is 1. The fourth-order valence-corrected chi connectivity index (χ4v) is 4.14. The predicted octanol–water partition coefficient (Wildman–Crippen LogP) is 3.78. The number of likely N-dealkylation sites (tertiary alicyclic amines) is 1. The molecule has 0 saturated carbocycles. The molecule has 6 nitrogen and oxygen atoms in total. The molecule has 0 bridgehead atoms. The fraction of sp³-hybridized carbons (Fsp3) is 0.522. The number of nitrogens with zero attached hydrogens (tertiary/aromatic N) is 2. The molecule has 1 aromatic carbocycles. The second-order valence-corrected chi connectivity index (χ2v) is 8.51. The number of carbonyl (C=O) groups excluding carboxylic acids is 2. The molecule has 1 N–H and O–H groups in total. The van der Waals surface area contributed by atoms with Crippen molar-refractivity contribution >= 4 is 11.9 Å². The number of nitrogens with one attached hydrogen (secondary N) is 1. The van der Waals surface area contributed by atoms with Crippen molar-refractivity contribution in [1.82, 2.24) is 15.1 Å². The number of carbonyl (C=O) groups is 2. The quantitative estimate of drug-likeness (QED) is 0.699. The van der Waals surface area contributed by atoms with E-state index in [4.69, 9.17) is 4.74 Å². The van der Waals surface area contributed by atoms with E-state index in [1.807, 2.05) is 0 Å². The Morgan fingerprint density at radius 3 is 2.70 bits per heavy atom. The zero-order valence-corrected chi connectivity index (χ0v) is 17.9. The molecule has 1 amide bonds. The number of esters is 1. The highest BCUT2D eigenvalue weighted by Gasteiger charge is 2.45. The number of H-pyrrole nitrogens is 1. The molecule has 1 aliphatic heterocycles. The summed E-state index contributed by atoms with van der Waals surface area (Å²) in [5.41, 5.74) is 1.29. The Kier molecular flexibility index (Phi) is 6.90. The van der Waals surface area contributed by atoms with Crippen LogP contribution in [0, 0.1) is 17.2 Å². The monoisotopic (exact) mass is 415 g/mol. The Morgan fingerprint density at radius 1 is 1.30 bits per heavy atom. The van der Waals surface area contributed by atoms with Crippen molar-refractivity contribution in [2.75, 3.05) is 19.7 Å². The van der Waals surface area contributed by atoms with Crippen LogP contribution in [0.15, 0.2) is 30.3 Å². The maximum absolute atomic E-state index is 13.3. The summed E-state index contributed by atoms with van der Waals surface area (Å²) < 4.78 is 18.7. The zero-order chi connectivity index (χ0) is 21.7. The van der Waals surface area contributed by atoms with Crippen molar-refractivity contribution in [3.8, 4) is 0 Å². The first kappa shape index (κ1) is 22.0. The lowest BCUT2D eigenvalue weighted by molar-refractivity contribution is -0.158. The first-order valence-electron chi connectivity index (χ1n) is 10.6. The molecule has 1 aliphatic rings. The molecule has 162 valence electrons. The first-order valence-corrected chi connectivity index (χ1v) is 10.6. The lowest BCUT2D eigenvalue weighted by atomic mass is 9.75. The number of rotatable bonds is 7. The second-order valence-electron chi connectivity index (χ2n) is 8.51. The molecule has 7 heteroatoms. The minimum atomic E-state index is -0.848. The summed E-state index contributed by atoms with van der Waals surface area (Å²) in [5.74, 6) is -0.362. The fourth-order valence-electron chi connectivity index (χ4n) is 4.14. The van der Waals surface area contributed by atoms with Crippen LogP contribution in [0.3, 0.4) is 0 Å². The summed E-state index contributed by atoms with van der Waals surface area (Å²) in [6, 6.07) is 7.94. The summed E-state index contributed by atoms with van der Waals surface area (Å²) in [6.45, 7) is 7.08. The minimum Gasteiger partial charge on any atom is -0.466 e. The molecule has 0 radical (unpaired) electrons. The predicted molar refractivity (Wildman–Crippen MR) is 111 cm³/mol. The van der Waals surface area contributed by atoms with Gasteiger partial charge in [0.15, 0.2) is 0 Å². The van der Waals surface area contributed by atoms with Crippen LogP contribution in [0.4, 0.5) is 4.39 Å².